The van der Waals surface area contributed by atoms with E-state index in [0.717, 1.165) is 34.2 Å². The third kappa shape index (κ3) is 2.59. The van der Waals surface area contributed by atoms with E-state index >= 15 is 0 Å². The summed E-state index contributed by atoms with van der Waals surface area (Å²) in [6.45, 7) is 0.543. The molecule has 0 amide bonds. The lowest BCUT2D eigenvalue weighted by Gasteiger charge is -2.05. The van der Waals surface area contributed by atoms with E-state index in [9.17, 15) is 9.90 Å². The zero-order chi connectivity index (χ0) is 13.9. The standard InChI is InChI=1S/C13H13N3O2S2/c17-11-9-20-13(18)16(11)6-2-8-19-12-4-1-3-10-14-5-7-15(10)12/h1,3-5,7,9,17H,2,6,8H2. The normalized spacial score (nSPS) is 11.2. The summed E-state index contributed by atoms with van der Waals surface area (Å²) < 4.78 is 3.45. The van der Waals surface area contributed by atoms with Gasteiger partial charge in [0.15, 0.2) is 0 Å². The molecule has 104 valence electrons. The Bertz CT molecular complexity index is 775. The van der Waals surface area contributed by atoms with Crippen LogP contribution in [0.2, 0.25) is 0 Å². The summed E-state index contributed by atoms with van der Waals surface area (Å²) in [4.78, 5) is 15.6. The van der Waals surface area contributed by atoms with Gasteiger partial charge in [-0.15, -0.1) is 11.8 Å². The molecule has 0 bridgehead atoms. The Hall–Kier alpha value is -1.73. The third-order valence-electron chi connectivity index (χ3n) is 2.93. The molecule has 20 heavy (non-hydrogen) atoms. The molecule has 0 atom stereocenters. The molecule has 0 aromatic carbocycles. The zero-order valence-corrected chi connectivity index (χ0v) is 12.2. The van der Waals surface area contributed by atoms with Crippen LogP contribution in [0.15, 0.2) is 45.8 Å². The molecule has 0 spiro atoms. The van der Waals surface area contributed by atoms with Crippen LogP contribution in [-0.4, -0.2) is 24.8 Å². The lowest BCUT2D eigenvalue weighted by molar-refractivity contribution is 0.412. The topological polar surface area (TPSA) is 59.5 Å². The van der Waals surface area contributed by atoms with Crippen molar-refractivity contribution in [2.24, 2.45) is 0 Å². The van der Waals surface area contributed by atoms with E-state index < -0.39 is 0 Å². The van der Waals surface area contributed by atoms with E-state index in [0.29, 0.717) is 6.54 Å². The van der Waals surface area contributed by atoms with Gasteiger partial charge in [-0.2, -0.15) is 0 Å². The van der Waals surface area contributed by atoms with E-state index in [2.05, 4.69) is 4.98 Å². The maximum atomic E-state index is 11.4. The van der Waals surface area contributed by atoms with Crippen molar-refractivity contribution in [3.8, 4) is 5.88 Å². The van der Waals surface area contributed by atoms with Crippen LogP contribution in [0, 0.1) is 0 Å². The summed E-state index contributed by atoms with van der Waals surface area (Å²) in [5.41, 5.74) is 0.932. The van der Waals surface area contributed by atoms with Gasteiger partial charge in [0, 0.05) is 24.7 Å². The van der Waals surface area contributed by atoms with Crippen molar-refractivity contribution >= 4 is 28.7 Å². The molecule has 1 N–H and O–H groups in total. The van der Waals surface area contributed by atoms with Gasteiger partial charge >= 0.3 is 4.87 Å². The molecule has 0 aliphatic heterocycles. The Morgan fingerprint density at radius 3 is 3.10 bits per heavy atom. The minimum atomic E-state index is -0.107. The van der Waals surface area contributed by atoms with Crippen LogP contribution in [0.25, 0.3) is 5.65 Å². The molecule has 3 aromatic heterocycles. The van der Waals surface area contributed by atoms with E-state index in [-0.39, 0.29) is 10.8 Å². The highest BCUT2D eigenvalue weighted by Gasteiger charge is 2.05. The Labute approximate surface area is 123 Å². The van der Waals surface area contributed by atoms with Gasteiger partial charge in [-0.25, -0.2) is 4.98 Å². The van der Waals surface area contributed by atoms with Gasteiger partial charge in [-0.1, -0.05) is 17.4 Å². The fourth-order valence-electron chi connectivity index (χ4n) is 1.97. The van der Waals surface area contributed by atoms with Crippen LogP contribution in [0.4, 0.5) is 0 Å². The first-order valence-corrected chi connectivity index (χ1v) is 8.04. The van der Waals surface area contributed by atoms with Crippen molar-refractivity contribution in [2.45, 2.75) is 18.0 Å². The second kappa shape index (κ2) is 5.72. The van der Waals surface area contributed by atoms with Crippen molar-refractivity contribution in [2.75, 3.05) is 5.75 Å². The number of aromatic nitrogens is 3. The second-order valence-electron chi connectivity index (χ2n) is 4.23. The molecule has 3 heterocycles. The smallest absolute Gasteiger partial charge is 0.309 e. The molecule has 0 unspecified atom stereocenters. The number of rotatable bonds is 5. The average Bonchev–Trinajstić information content (AvgIpc) is 3.04. The first-order valence-electron chi connectivity index (χ1n) is 6.18. The molecule has 0 aliphatic carbocycles. The quantitative estimate of drug-likeness (QED) is 0.581. The molecule has 0 saturated heterocycles. The number of thioether (sulfide) groups is 1. The second-order valence-corrected chi connectivity index (χ2v) is 6.17. The lowest BCUT2D eigenvalue weighted by Crippen LogP contribution is -2.12. The summed E-state index contributed by atoms with van der Waals surface area (Å²) in [5.74, 6) is 0.931. The van der Waals surface area contributed by atoms with Gasteiger partial charge in [0.05, 0.1) is 10.4 Å². The molecule has 0 fully saturated rings. The van der Waals surface area contributed by atoms with E-state index in [1.54, 1.807) is 18.0 Å². The zero-order valence-electron chi connectivity index (χ0n) is 10.6. The van der Waals surface area contributed by atoms with Crippen molar-refractivity contribution in [3.63, 3.8) is 0 Å². The van der Waals surface area contributed by atoms with Gasteiger partial charge in [-0.05, 0) is 18.6 Å². The number of imidazole rings is 1. The van der Waals surface area contributed by atoms with Gasteiger partial charge in [0.25, 0.3) is 0 Å². The predicted octanol–water partition coefficient (Wildman–Crippen LogP) is 2.45. The predicted molar refractivity (Wildman–Crippen MR) is 80.8 cm³/mol. The van der Waals surface area contributed by atoms with Crippen molar-refractivity contribution in [3.05, 3.63) is 45.6 Å². The highest BCUT2D eigenvalue weighted by Crippen LogP contribution is 2.20. The molecule has 3 rings (SSSR count). The molecular weight excluding hydrogens is 294 g/mol. The number of fused-ring (bicyclic) bond motifs is 1. The number of nitrogens with zero attached hydrogens (tertiary/aromatic N) is 3. The van der Waals surface area contributed by atoms with E-state index in [4.69, 9.17) is 0 Å². The fourth-order valence-corrected chi connectivity index (χ4v) is 3.56. The number of thiazole rings is 1. The molecule has 0 aliphatic rings. The number of hydrogen-bond acceptors (Lipinski definition) is 5. The van der Waals surface area contributed by atoms with Crippen LogP contribution in [0.1, 0.15) is 6.42 Å². The summed E-state index contributed by atoms with van der Waals surface area (Å²) in [5, 5.41) is 12.1. The Kier molecular flexibility index (Phi) is 3.79. The minimum absolute atomic E-state index is 0.0571. The summed E-state index contributed by atoms with van der Waals surface area (Å²) >= 11 is 2.74. The number of aromatic hydroxyl groups is 1. The summed E-state index contributed by atoms with van der Waals surface area (Å²) in [7, 11) is 0. The number of pyridine rings is 1. The fraction of sp³-hybridized carbons (Fsp3) is 0.231. The van der Waals surface area contributed by atoms with Crippen LogP contribution in [0.5, 0.6) is 5.88 Å². The Morgan fingerprint density at radius 2 is 2.30 bits per heavy atom. The lowest BCUT2D eigenvalue weighted by atomic mass is 10.5. The van der Waals surface area contributed by atoms with Crippen LogP contribution in [-0.2, 0) is 6.54 Å². The molecule has 3 aromatic rings. The maximum Gasteiger partial charge on any atom is 0.309 e. The average molecular weight is 307 g/mol. The molecule has 5 nitrogen and oxygen atoms in total. The van der Waals surface area contributed by atoms with Crippen molar-refractivity contribution in [1.29, 1.82) is 0 Å². The molecular formula is C13H13N3O2S2. The Morgan fingerprint density at radius 1 is 1.40 bits per heavy atom. The highest BCUT2D eigenvalue weighted by molar-refractivity contribution is 7.99. The summed E-state index contributed by atoms with van der Waals surface area (Å²) in [6.07, 6.45) is 4.54. The van der Waals surface area contributed by atoms with Crippen molar-refractivity contribution in [1.82, 2.24) is 14.0 Å². The minimum Gasteiger partial charge on any atom is -0.494 e. The molecule has 7 heteroatoms. The third-order valence-corrected chi connectivity index (χ3v) is 4.80. The summed E-state index contributed by atoms with van der Waals surface area (Å²) in [6, 6.07) is 6.00. The van der Waals surface area contributed by atoms with Crippen LogP contribution < -0.4 is 4.87 Å². The first kappa shape index (κ1) is 13.3. The monoisotopic (exact) mass is 307 g/mol. The van der Waals surface area contributed by atoms with Gasteiger partial charge in [-0.3, -0.25) is 13.8 Å². The van der Waals surface area contributed by atoms with Crippen LogP contribution in [0.3, 0.4) is 0 Å². The van der Waals surface area contributed by atoms with Crippen molar-refractivity contribution < 1.29 is 5.11 Å². The van der Waals surface area contributed by atoms with Gasteiger partial charge in [0.1, 0.15) is 5.65 Å². The van der Waals surface area contributed by atoms with Gasteiger partial charge in [0.2, 0.25) is 5.88 Å². The first-order chi connectivity index (χ1) is 9.75. The van der Waals surface area contributed by atoms with E-state index in [1.807, 2.05) is 28.8 Å². The largest absolute Gasteiger partial charge is 0.494 e. The Balaban J connectivity index is 1.61. The molecule has 0 radical (unpaired) electrons. The van der Waals surface area contributed by atoms with E-state index in [1.165, 1.54) is 9.95 Å². The van der Waals surface area contributed by atoms with Gasteiger partial charge < -0.3 is 5.11 Å². The SMILES string of the molecule is O=c1scc(O)n1CCCSc1cccc2nccn12. The molecule has 0 saturated carbocycles. The highest BCUT2D eigenvalue weighted by atomic mass is 32.2. The van der Waals surface area contributed by atoms with Crippen LogP contribution >= 0.6 is 23.1 Å². The number of hydrogen-bond donors (Lipinski definition) is 1. The maximum absolute atomic E-state index is 11.4.